The van der Waals surface area contributed by atoms with Gasteiger partial charge in [0.1, 0.15) is 18.5 Å². The molecule has 3 heterocycles. The highest BCUT2D eigenvalue weighted by molar-refractivity contribution is 7.85. The molecule has 2 aliphatic rings. The van der Waals surface area contributed by atoms with E-state index in [4.69, 9.17) is 9.47 Å². The fourth-order valence-electron chi connectivity index (χ4n) is 2.10. The number of hydrogen-bond acceptors (Lipinski definition) is 8. The Hall–Kier alpha value is -2.40. The molecular weight excluding hydrogens is 330 g/mol. The zero-order chi connectivity index (χ0) is 16.6. The van der Waals surface area contributed by atoms with Gasteiger partial charge in [-0.2, -0.15) is 8.42 Å². The zero-order valence-corrected chi connectivity index (χ0v) is 12.8. The Bertz CT molecular complexity index is 764. The monoisotopic (exact) mass is 343 g/mol. The lowest BCUT2D eigenvalue weighted by atomic mass is 10.3. The molecule has 2 amide bonds. The number of fused-ring (bicyclic) bond motifs is 1. The average molecular weight is 343 g/mol. The van der Waals surface area contributed by atoms with Crippen molar-refractivity contribution in [3.63, 3.8) is 0 Å². The van der Waals surface area contributed by atoms with Crippen molar-refractivity contribution in [2.75, 3.05) is 36.2 Å². The van der Waals surface area contributed by atoms with Gasteiger partial charge in [0.05, 0.1) is 12.8 Å². The van der Waals surface area contributed by atoms with Crippen LogP contribution in [0.25, 0.3) is 0 Å². The summed E-state index contributed by atoms with van der Waals surface area (Å²) in [5.41, 5.74) is 0. The fourth-order valence-corrected chi connectivity index (χ4v) is 2.50. The molecule has 0 saturated carbocycles. The minimum atomic E-state index is -3.62. The molecule has 124 valence electrons. The van der Waals surface area contributed by atoms with E-state index in [0.717, 1.165) is 6.26 Å². The molecule has 3 rings (SSSR count). The lowest BCUT2D eigenvalue weighted by molar-refractivity contribution is -0.118. The van der Waals surface area contributed by atoms with Crippen LogP contribution in [0.1, 0.15) is 0 Å². The highest BCUT2D eigenvalue weighted by Crippen LogP contribution is 2.30. The van der Waals surface area contributed by atoms with Gasteiger partial charge in [-0.25, -0.2) is 9.78 Å². The van der Waals surface area contributed by atoms with Gasteiger partial charge in [-0.15, -0.1) is 0 Å². The van der Waals surface area contributed by atoms with E-state index in [-0.39, 0.29) is 37.3 Å². The van der Waals surface area contributed by atoms with Gasteiger partial charge in [0.2, 0.25) is 0 Å². The molecule has 0 radical (unpaired) electrons. The number of hydrogen-bond donors (Lipinski definition) is 1. The Morgan fingerprint density at radius 1 is 1.43 bits per heavy atom. The van der Waals surface area contributed by atoms with Crippen molar-refractivity contribution in [3.05, 3.63) is 12.1 Å². The number of nitrogens with one attached hydrogen (secondary N) is 1. The molecule has 2 aliphatic heterocycles. The van der Waals surface area contributed by atoms with Crippen LogP contribution in [-0.2, 0) is 23.8 Å². The van der Waals surface area contributed by atoms with E-state index < -0.39 is 22.3 Å². The number of carbonyl (C=O) groups is 2. The zero-order valence-electron chi connectivity index (χ0n) is 12.0. The molecule has 23 heavy (non-hydrogen) atoms. The summed E-state index contributed by atoms with van der Waals surface area (Å²) in [6.07, 6.45) is -0.501. The van der Waals surface area contributed by atoms with Crippen LogP contribution in [0.2, 0.25) is 0 Å². The Labute approximate surface area is 131 Å². The molecule has 1 aromatic rings. The molecule has 11 heteroatoms. The Kier molecular flexibility index (Phi) is 3.82. The second kappa shape index (κ2) is 5.66. The molecular formula is C12H13N3O7S. The van der Waals surface area contributed by atoms with Crippen molar-refractivity contribution in [2.45, 2.75) is 6.10 Å². The molecule has 1 atom stereocenters. The third kappa shape index (κ3) is 3.51. The molecule has 0 aromatic carbocycles. The first kappa shape index (κ1) is 15.5. The Balaban J connectivity index is 1.73. The van der Waals surface area contributed by atoms with Crippen LogP contribution < -0.4 is 15.0 Å². The number of cyclic esters (lactones) is 1. The number of nitrogens with zero attached hydrogens (tertiary/aromatic N) is 2. The maximum Gasteiger partial charge on any atom is 0.416 e. The maximum absolute atomic E-state index is 11.9. The van der Waals surface area contributed by atoms with Gasteiger partial charge in [-0.05, 0) is 12.1 Å². The summed E-state index contributed by atoms with van der Waals surface area (Å²) in [5, 5.41) is 2.54. The first-order valence-electron chi connectivity index (χ1n) is 6.58. The van der Waals surface area contributed by atoms with E-state index >= 15 is 0 Å². The van der Waals surface area contributed by atoms with Crippen LogP contribution in [0.15, 0.2) is 12.1 Å². The standard InChI is InChI=1S/C12H13N3O7S/c1-23(18,19)21-5-7-4-15(12(17)22-7)9-3-2-8-11(13-9)14-10(16)6-20-8/h2-3,7H,4-6H2,1H3,(H,13,14,16)/t7-/m0/s1. The number of anilines is 2. The highest BCUT2D eigenvalue weighted by Gasteiger charge is 2.34. The maximum atomic E-state index is 11.9. The summed E-state index contributed by atoms with van der Waals surface area (Å²) < 4.78 is 36.8. The third-order valence-corrected chi connectivity index (χ3v) is 3.64. The van der Waals surface area contributed by atoms with Crippen LogP contribution in [0.5, 0.6) is 5.75 Å². The number of rotatable bonds is 4. The number of aromatic nitrogens is 1. The van der Waals surface area contributed by atoms with Crippen LogP contribution in [0, 0.1) is 0 Å². The summed E-state index contributed by atoms with van der Waals surface area (Å²) in [5.74, 6) is 0.521. The average Bonchev–Trinajstić information content (AvgIpc) is 2.85. The van der Waals surface area contributed by atoms with Gasteiger partial charge >= 0.3 is 6.09 Å². The van der Waals surface area contributed by atoms with Gasteiger partial charge in [0, 0.05) is 0 Å². The van der Waals surface area contributed by atoms with E-state index in [1.165, 1.54) is 11.0 Å². The largest absolute Gasteiger partial charge is 0.480 e. The van der Waals surface area contributed by atoms with Crippen molar-refractivity contribution < 1.29 is 31.7 Å². The molecule has 1 fully saturated rings. The second-order valence-electron chi connectivity index (χ2n) is 4.96. The smallest absolute Gasteiger partial charge is 0.416 e. The number of amides is 2. The lowest BCUT2D eigenvalue weighted by Crippen LogP contribution is -2.29. The molecule has 1 aromatic heterocycles. The summed E-state index contributed by atoms with van der Waals surface area (Å²) in [6, 6.07) is 3.11. The van der Waals surface area contributed by atoms with Gasteiger partial charge in [-0.3, -0.25) is 13.9 Å². The van der Waals surface area contributed by atoms with Crippen LogP contribution in [-0.4, -0.2) is 57.5 Å². The van der Waals surface area contributed by atoms with Gasteiger partial charge in [0.25, 0.3) is 16.0 Å². The minimum Gasteiger partial charge on any atom is -0.480 e. The summed E-state index contributed by atoms with van der Waals surface area (Å²) in [7, 11) is -3.62. The first-order chi connectivity index (χ1) is 10.8. The van der Waals surface area contributed by atoms with Crippen molar-refractivity contribution in [3.8, 4) is 5.75 Å². The van der Waals surface area contributed by atoms with Crippen molar-refractivity contribution in [2.24, 2.45) is 0 Å². The number of pyridine rings is 1. The Morgan fingerprint density at radius 2 is 2.22 bits per heavy atom. The number of carbonyl (C=O) groups excluding carboxylic acids is 2. The molecule has 1 saturated heterocycles. The van der Waals surface area contributed by atoms with Gasteiger partial charge in [0.15, 0.2) is 18.2 Å². The third-order valence-electron chi connectivity index (χ3n) is 3.08. The van der Waals surface area contributed by atoms with Crippen molar-refractivity contribution in [1.82, 2.24) is 4.98 Å². The molecule has 0 unspecified atom stereocenters. The second-order valence-corrected chi connectivity index (χ2v) is 6.60. The molecule has 1 N–H and O–H groups in total. The van der Waals surface area contributed by atoms with Gasteiger partial charge in [-0.1, -0.05) is 0 Å². The molecule has 0 bridgehead atoms. The molecule has 10 nitrogen and oxygen atoms in total. The van der Waals surface area contributed by atoms with E-state index in [2.05, 4.69) is 14.5 Å². The summed E-state index contributed by atoms with van der Waals surface area (Å²) in [4.78, 5) is 28.5. The topological polar surface area (TPSA) is 124 Å². The number of ether oxygens (including phenoxy) is 2. The fraction of sp³-hybridized carbons (Fsp3) is 0.417. The normalized spacial score (nSPS) is 20.6. The molecule has 0 aliphatic carbocycles. The van der Waals surface area contributed by atoms with Gasteiger partial charge < -0.3 is 14.8 Å². The van der Waals surface area contributed by atoms with Crippen LogP contribution in [0.3, 0.4) is 0 Å². The summed E-state index contributed by atoms with van der Waals surface area (Å²) in [6.45, 7) is -0.286. The predicted molar refractivity (Wildman–Crippen MR) is 76.8 cm³/mol. The Morgan fingerprint density at radius 3 is 2.96 bits per heavy atom. The predicted octanol–water partition coefficient (Wildman–Crippen LogP) is -0.286. The van der Waals surface area contributed by atoms with E-state index in [9.17, 15) is 18.0 Å². The summed E-state index contributed by atoms with van der Waals surface area (Å²) >= 11 is 0. The van der Waals surface area contributed by atoms with E-state index in [1.807, 2.05) is 0 Å². The molecule has 0 spiro atoms. The van der Waals surface area contributed by atoms with Crippen molar-refractivity contribution in [1.29, 1.82) is 0 Å². The highest BCUT2D eigenvalue weighted by atomic mass is 32.2. The van der Waals surface area contributed by atoms with Crippen molar-refractivity contribution >= 4 is 33.8 Å². The first-order valence-corrected chi connectivity index (χ1v) is 8.40. The minimum absolute atomic E-state index is 0.0783. The quantitative estimate of drug-likeness (QED) is 0.740. The van der Waals surface area contributed by atoms with E-state index in [0.29, 0.717) is 5.75 Å². The lowest BCUT2D eigenvalue weighted by Gasteiger charge is -2.19. The SMILES string of the molecule is CS(=O)(=O)OC[C@@H]1CN(c2ccc3c(n2)NC(=O)CO3)C(=O)O1. The van der Waals surface area contributed by atoms with Crippen LogP contribution >= 0.6 is 0 Å². The van der Waals surface area contributed by atoms with Crippen LogP contribution in [0.4, 0.5) is 16.4 Å². The van der Waals surface area contributed by atoms with E-state index in [1.54, 1.807) is 6.07 Å².